The van der Waals surface area contributed by atoms with Crippen molar-refractivity contribution in [2.45, 2.75) is 18.6 Å². The summed E-state index contributed by atoms with van der Waals surface area (Å²) in [6, 6.07) is 2.52. The zero-order chi connectivity index (χ0) is 11.6. The molecular formula is C10H12F2O3. The van der Waals surface area contributed by atoms with Crippen LogP contribution in [0.2, 0.25) is 0 Å². The summed E-state index contributed by atoms with van der Waals surface area (Å²) in [7, 11) is 0. The molecule has 0 fully saturated rings. The van der Waals surface area contributed by atoms with Gasteiger partial charge in [-0.15, -0.1) is 0 Å². The maximum atomic E-state index is 13.3. The van der Waals surface area contributed by atoms with E-state index < -0.39 is 29.9 Å². The summed E-state index contributed by atoms with van der Waals surface area (Å²) in [6.45, 7) is 0.353. The molecule has 0 spiro atoms. The van der Waals surface area contributed by atoms with Crippen LogP contribution in [0.5, 0.6) is 0 Å². The van der Waals surface area contributed by atoms with Crippen molar-refractivity contribution < 1.29 is 24.1 Å². The summed E-state index contributed by atoms with van der Waals surface area (Å²) < 4.78 is 25.9. The van der Waals surface area contributed by atoms with Crippen LogP contribution in [0, 0.1) is 11.6 Å². The third kappa shape index (κ3) is 2.14. The first-order chi connectivity index (χ1) is 6.91. The maximum Gasteiger partial charge on any atom is 0.141 e. The molecule has 0 amide bonds. The van der Waals surface area contributed by atoms with E-state index in [1.165, 1.54) is 6.92 Å². The fourth-order valence-corrected chi connectivity index (χ4v) is 1.28. The molecule has 3 N–H and O–H groups in total. The largest absolute Gasteiger partial charge is 0.393 e. The highest BCUT2D eigenvalue weighted by molar-refractivity contribution is 5.26. The quantitative estimate of drug-likeness (QED) is 0.693. The van der Waals surface area contributed by atoms with Crippen LogP contribution in [0.1, 0.15) is 12.5 Å². The van der Waals surface area contributed by atoms with E-state index in [-0.39, 0.29) is 5.56 Å². The second-order valence-electron chi connectivity index (χ2n) is 3.38. The Hall–Kier alpha value is -1.04. The molecular weight excluding hydrogens is 206 g/mol. The summed E-state index contributed by atoms with van der Waals surface area (Å²) >= 11 is 0. The second kappa shape index (κ2) is 4.22. The minimum atomic E-state index is -2.11. The van der Waals surface area contributed by atoms with Crippen molar-refractivity contribution in [3.8, 4) is 0 Å². The van der Waals surface area contributed by atoms with E-state index in [2.05, 4.69) is 0 Å². The van der Waals surface area contributed by atoms with E-state index >= 15 is 0 Å². The highest BCUT2D eigenvalue weighted by atomic mass is 19.1. The Bertz CT molecular complexity index is 355. The number of benzene rings is 1. The van der Waals surface area contributed by atoms with E-state index in [1.54, 1.807) is 0 Å². The normalized spacial score (nSPS) is 17.2. The Balaban J connectivity index is 3.24. The number of hydrogen-bond donors (Lipinski definition) is 3. The molecule has 3 nitrogen and oxygen atoms in total. The summed E-state index contributed by atoms with van der Waals surface area (Å²) in [5.41, 5.74) is -2.45. The summed E-state index contributed by atoms with van der Waals surface area (Å²) in [6.07, 6.45) is -1.37. The van der Waals surface area contributed by atoms with Crippen LogP contribution in [0.4, 0.5) is 8.78 Å². The molecule has 0 saturated carbocycles. The predicted octanol–water partition coefficient (Wildman–Crippen LogP) is 0.526. The van der Waals surface area contributed by atoms with Gasteiger partial charge in [0.25, 0.3) is 0 Å². The van der Waals surface area contributed by atoms with Crippen LogP contribution in [-0.2, 0) is 5.60 Å². The Kier molecular flexibility index (Phi) is 3.38. The minimum absolute atomic E-state index is 0.332. The van der Waals surface area contributed by atoms with Crippen molar-refractivity contribution in [3.05, 3.63) is 35.4 Å². The number of aliphatic hydroxyl groups excluding tert-OH is 2. The van der Waals surface area contributed by atoms with Gasteiger partial charge in [-0.1, -0.05) is 6.07 Å². The first-order valence-corrected chi connectivity index (χ1v) is 4.38. The molecule has 0 unspecified atom stereocenters. The maximum absolute atomic E-state index is 13.3. The average molecular weight is 218 g/mol. The SMILES string of the molecule is C[C@@H](O)[C@](O)(CO)c1ccc(F)cc1F. The lowest BCUT2D eigenvalue weighted by atomic mass is 9.89. The molecule has 15 heavy (non-hydrogen) atoms. The van der Waals surface area contributed by atoms with Crippen molar-refractivity contribution in [3.63, 3.8) is 0 Å². The van der Waals surface area contributed by atoms with Gasteiger partial charge in [-0.25, -0.2) is 8.78 Å². The highest BCUT2D eigenvalue weighted by Gasteiger charge is 2.36. The molecule has 0 radical (unpaired) electrons. The number of halogens is 2. The van der Waals surface area contributed by atoms with Crippen molar-refractivity contribution in [2.24, 2.45) is 0 Å². The van der Waals surface area contributed by atoms with Crippen LogP contribution in [0.3, 0.4) is 0 Å². The summed E-state index contributed by atoms with van der Waals surface area (Å²) in [5, 5.41) is 28.0. The van der Waals surface area contributed by atoms with E-state index in [0.29, 0.717) is 6.07 Å². The first-order valence-electron chi connectivity index (χ1n) is 4.38. The van der Waals surface area contributed by atoms with Gasteiger partial charge < -0.3 is 15.3 Å². The highest BCUT2D eigenvalue weighted by Crippen LogP contribution is 2.27. The van der Waals surface area contributed by atoms with Gasteiger partial charge in [-0.3, -0.25) is 0 Å². The zero-order valence-corrected chi connectivity index (χ0v) is 8.11. The Morgan fingerprint density at radius 1 is 1.40 bits per heavy atom. The van der Waals surface area contributed by atoms with E-state index in [9.17, 15) is 19.0 Å². The number of aliphatic hydroxyl groups is 3. The van der Waals surface area contributed by atoms with E-state index in [4.69, 9.17) is 5.11 Å². The minimum Gasteiger partial charge on any atom is -0.393 e. The number of rotatable bonds is 3. The molecule has 1 aromatic carbocycles. The standard InChI is InChI=1S/C10H12F2O3/c1-6(14)10(15,5-13)8-3-2-7(11)4-9(8)12/h2-4,6,13-15H,5H2,1H3/t6-,10-/m1/s1. The lowest BCUT2D eigenvalue weighted by Crippen LogP contribution is -2.42. The third-order valence-electron chi connectivity index (χ3n) is 2.33. The lowest BCUT2D eigenvalue weighted by Gasteiger charge is -2.29. The molecule has 1 aromatic rings. The third-order valence-corrected chi connectivity index (χ3v) is 2.33. The predicted molar refractivity (Wildman–Crippen MR) is 49.0 cm³/mol. The summed E-state index contributed by atoms with van der Waals surface area (Å²) in [4.78, 5) is 0. The van der Waals surface area contributed by atoms with Crippen LogP contribution < -0.4 is 0 Å². The molecule has 2 atom stereocenters. The van der Waals surface area contributed by atoms with Crippen molar-refractivity contribution >= 4 is 0 Å². The van der Waals surface area contributed by atoms with Gasteiger partial charge >= 0.3 is 0 Å². The summed E-state index contributed by atoms with van der Waals surface area (Å²) in [5.74, 6) is -1.80. The molecule has 84 valence electrons. The lowest BCUT2D eigenvalue weighted by molar-refractivity contribution is -0.105. The molecule has 0 aliphatic carbocycles. The van der Waals surface area contributed by atoms with Crippen LogP contribution in [-0.4, -0.2) is 28.0 Å². The topological polar surface area (TPSA) is 60.7 Å². The molecule has 1 rings (SSSR count). The molecule has 0 saturated heterocycles. The second-order valence-corrected chi connectivity index (χ2v) is 3.38. The Labute approximate surface area is 85.6 Å². The fraction of sp³-hybridized carbons (Fsp3) is 0.400. The molecule has 0 heterocycles. The Morgan fingerprint density at radius 2 is 2.00 bits per heavy atom. The molecule has 0 aliphatic rings. The van der Waals surface area contributed by atoms with Gasteiger partial charge in [0.1, 0.15) is 17.2 Å². The van der Waals surface area contributed by atoms with Gasteiger partial charge in [0, 0.05) is 11.6 Å². The zero-order valence-electron chi connectivity index (χ0n) is 8.11. The van der Waals surface area contributed by atoms with Gasteiger partial charge in [-0.2, -0.15) is 0 Å². The van der Waals surface area contributed by atoms with Gasteiger partial charge in [-0.05, 0) is 13.0 Å². The number of hydrogen-bond acceptors (Lipinski definition) is 3. The molecule has 0 aliphatic heterocycles. The monoisotopic (exact) mass is 218 g/mol. The van der Waals surface area contributed by atoms with Crippen molar-refractivity contribution in [1.82, 2.24) is 0 Å². The van der Waals surface area contributed by atoms with Crippen LogP contribution >= 0.6 is 0 Å². The van der Waals surface area contributed by atoms with Crippen LogP contribution in [0.25, 0.3) is 0 Å². The smallest absolute Gasteiger partial charge is 0.141 e. The average Bonchev–Trinajstić information content (AvgIpc) is 2.16. The molecule has 0 aromatic heterocycles. The van der Waals surface area contributed by atoms with Gasteiger partial charge in [0.05, 0.1) is 12.7 Å². The fourth-order valence-electron chi connectivity index (χ4n) is 1.28. The Morgan fingerprint density at radius 3 is 2.40 bits per heavy atom. The van der Waals surface area contributed by atoms with Gasteiger partial charge in [0.15, 0.2) is 0 Å². The van der Waals surface area contributed by atoms with E-state index in [1.807, 2.05) is 0 Å². The van der Waals surface area contributed by atoms with Crippen LogP contribution in [0.15, 0.2) is 18.2 Å². The van der Waals surface area contributed by atoms with E-state index in [0.717, 1.165) is 12.1 Å². The molecule has 5 heteroatoms. The van der Waals surface area contributed by atoms with Crippen molar-refractivity contribution in [1.29, 1.82) is 0 Å². The first kappa shape index (κ1) is 12.0. The molecule has 0 bridgehead atoms. The van der Waals surface area contributed by atoms with Gasteiger partial charge in [0.2, 0.25) is 0 Å². The van der Waals surface area contributed by atoms with Crippen molar-refractivity contribution in [2.75, 3.05) is 6.61 Å².